The third kappa shape index (κ3) is 2.75. The van der Waals surface area contributed by atoms with Crippen LogP contribution in [0.5, 0.6) is 5.75 Å². The normalized spacial score (nSPS) is 27.2. The molecule has 0 radical (unpaired) electrons. The molecule has 0 aliphatic carbocycles. The summed E-state index contributed by atoms with van der Waals surface area (Å²) in [6, 6.07) is 3.47. The Morgan fingerprint density at radius 3 is 2.91 bits per heavy atom. The predicted octanol–water partition coefficient (Wildman–Crippen LogP) is 3.54. The number of ether oxygens (including phenoxy) is 1. The maximum absolute atomic E-state index is 12.6. The molecule has 0 saturated carbocycles. The van der Waals surface area contributed by atoms with E-state index in [0.29, 0.717) is 23.6 Å². The lowest BCUT2D eigenvalue weighted by Gasteiger charge is -2.35. The number of hydrogen-bond donors (Lipinski definition) is 0. The number of pyridine rings is 1. The predicted molar refractivity (Wildman–Crippen MR) is 88.4 cm³/mol. The quantitative estimate of drug-likeness (QED) is 0.458. The fraction of sp³-hybridized carbons (Fsp3) is 0.467. The summed E-state index contributed by atoms with van der Waals surface area (Å²) in [5.74, 6) is -0.0349. The van der Waals surface area contributed by atoms with E-state index in [4.69, 9.17) is 44.4 Å². The fourth-order valence-corrected chi connectivity index (χ4v) is 3.33. The Labute approximate surface area is 149 Å². The van der Waals surface area contributed by atoms with Crippen LogP contribution in [0.25, 0.3) is 5.70 Å². The second-order valence-corrected chi connectivity index (χ2v) is 6.79. The third-order valence-corrected chi connectivity index (χ3v) is 5.50. The summed E-state index contributed by atoms with van der Waals surface area (Å²) in [4.78, 5) is 22.6. The van der Waals surface area contributed by atoms with E-state index in [1.165, 1.54) is 5.06 Å². The molecule has 0 bridgehead atoms. The Morgan fingerprint density at radius 1 is 1.48 bits per heavy atom. The minimum Gasteiger partial charge on any atom is -0.459 e. The van der Waals surface area contributed by atoms with Crippen LogP contribution in [0, 0.1) is 0 Å². The van der Waals surface area contributed by atoms with Gasteiger partial charge in [0.15, 0.2) is 11.3 Å². The first-order chi connectivity index (χ1) is 11.0. The molecule has 2 aliphatic heterocycles. The molecule has 0 spiro atoms. The van der Waals surface area contributed by atoms with E-state index >= 15 is 0 Å². The number of esters is 1. The lowest BCUT2D eigenvalue weighted by Crippen LogP contribution is -2.47. The topological polar surface area (TPSA) is 51.7 Å². The lowest BCUT2D eigenvalue weighted by molar-refractivity contribution is -0.144. The second kappa shape index (κ2) is 6.38. The third-order valence-electron chi connectivity index (χ3n) is 3.81. The number of hydrogen-bond acceptors (Lipinski definition) is 5. The Kier molecular flexibility index (Phi) is 4.63. The molecule has 5 nitrogen and oxygen atoms in total. The molecular weight excluding hydrogens is 363 g/mol. The van der Waals surface area contributed by atoms with Crippen LogP contribution in [0.3, 0.4) is 0 Å². The number of hydroxylamine groups is 2. The summed E-state index contributed by atoms with van der Waals surface area (Å²) >= 11 is 19.0. The van der Waals surface area contributed by atoms with Gasteiger partial charge in [-0.3, -0.25) is 4.98 Å². The van der Waals surface area contributed by atoms with Crippen molar-refractivity contribution in [2.45, 2.75) is 42.6 Å². The van der Waals surface area contributed by atoms with Gasteiger partial charge in [-0.15, -0.1) is 23.2 Å². The maximum Gasteiger partial charge on any atom is 0.338 e. The van der Waals surface area contributed by atoms with Gasteiger partial charge in [-0.1, -0.05) is 18.5 Å². The summed E-state index contributed by atoms with van der Waals surface area (Å²) in [6.07, 6.45) is 2.06. The molecule has 23 heavy (non-hydrogen) atoms. The largest absolute Gasteiger partial charge is 0.459 e. The van der Waals surface area contributed by atoms with Gasteiger partial charge in [0.05, 0.1) is 22.4 Å². The van der Waals surface area contributed by atoms with Gasteiger partial charge in [-0.05, 0) is 25.5 Å². The van der Waals surface area contributed by atoms with Crippen LogP contribution in [0.4, 0.5) is 0 Å². The number of carbonyl (C=O) groups is 1. The highest BCUT2D eigenvalue weighted by molar-refractivity contribution is 6.38. The highest BCUT2D eigenvalue weighted by atomic mass is 35.5. The van der Waals surface area contributed by atoms with Crippen molar-refractivity contribution in [2.75, 3.05) is 0 Å². The standard InChI is InChI=1S/C15H15Cl3N2O3/c1-3-7(2)22-15(21)9-10(16)11(17)14(18)20-13(9)12-8(23-20)5-4-6-19-12/h4-7,10-11,14H,3H2,1-2H3/t7-,10-,11-,14+/m1/s1. The number of aromatic nitrogens is 1. The highest BCUT2D eigenvalue weighted by Crippen LogP contribution is 2.46. The first-order valence-corrected chi connectivity index (χ1v) is 8.56. The van der Waals surface area contributed by atoms with Gasteiger partial charge >= 0.3 is 5.97 Å². The van der Waals surface area contributed by atoms with Crippen LogP contribution in [0.2, 0.25) is 0 Å². The first kappa shape index (κ1) is 16.7. The van der Waals surface area contributed by atoms with Crippen molar-refractivity contribution >= 4 is 46.5 Å². The van der Waals surface area contributed by atoms with Crippen LogP contribution in [-0.2, 0) is 9.53 Å². The van der Waals surface area contributed by atoms with Crippen molar-refractivity contribution < 1.29 is 14.4 Å². The SMILES string of the molecule is CC[C@@H](C)OC(=O)C1=C2c3ncccc3ON2[C@H](Cl)[C@H](Cl)[C@@H]1Cl. The van der Waals surface area contributed by atoms with E-state index in [9.17, 15) is 4.79 Å². The molecular formula is C15H15Cl3N2O3. The van der Waals surface area contributed by atoms with Crippen molar-refractivity contribution in [1.29, 1.82) is 0 Å². The van der Waals surface area contributed by atoms with E-state index in [1.807, 2.05) is 13.8 Å². The zero-order valence-corrected chi connectivity index (χ0v) is 14.8. The second-order valence-electron chi connectivity index (χ2n) is 5.37. The van der Waals surface area contributed by atoms with E-state index < -0.39 is 22.2 Å². The van der Waals surface area contributed by atoms with Crippen LogP contribution < -0.4 is 4.84 Å². The van der Waals surface area contributed by atoms with E-state index in [2.05, 4.69) is 4.98 Å². The Hall–Kier alpha value is -1.17. The van der Waals surface area contributed by atoms with Gasteiger partial charge in [0.25, 0.3) is 0 Å². The average Bonchev–Trinajstić information content (AvgIpc) is 2.92. The number of alkyl halides is 3. The number of halogens is 3. The van der Waals surface area contributed by atoms with Crippen molar-refractivity contribution in [3.05, 3.63) is 29.6 Å². The summed E-state index contributed by atoms with van der Waals surface area (Å²) in [5.41, 5.74) is 0.416. The number of fused-ring (bicyclic) bond motifs is 3. The Bertz CT molecular complexity index is 667. The van der Waals surface area contributed by atoms with Crippen LogP contribution in [0.15, 0.2) is 23.9 Å². The molecule has 0 aromatic carbocycles. The molecule has 0 unspecified atom stereocenters. The molecule has 0 N–H and O–H groups in total. The maximum atomic E-state index is 12.6. The molecule has 0 amide bonds. The summed E-state index contributed by atoms with van der Waals surface area (Å²) in [6.45, 7) is 3.74. The monoisotopic (exact) mass is 376 g/mol. The van der Waals surface area contributed by atoms with Crippen LogP contribution in [-0.4, -0.2) is 38.4 Å². The van der Waals surface area contributed by atoms with Gasteiger partial charge < -0.3 is 9.57 Å². The van der Waals surface area contributed by atoms with Gasteiger partial charge in [0.2, 0.25) is 0 Å². The van der Waals surface area contributed by atoms with Crippen LogP contribution in [0.1, 0.15) is 26.0 Å². The minimum atomic E-state index is -0.807. The summed E-state index contributed by atoms with van der Waals surface area (Å²) < 4.78 is 5.42. The first-order valence-electron chi connectivity index (χ1n) is 7.25. The molecule has 1 aromatic rings. The van der Waals surface area contributed by atoms with Crippen molar-refractivity contribution in [2.24, 2.45) is 0 Å². The van der Waals surface area contributed by atoms with E-state index in [0.717, 1.165) is 0 Å². The van der Waals surface area contributed by atoms with E-state index in [-0.39, 0.29) is 11.7 Å². The highest BCUT2D eigenvalue weighted by Gasteiger charge is 2.49. The smallest absolute Gasteiger partial charge is 0.338 e. The Balaban J connectivity index is 2.11. The van der Waals surface area contributed by atoms with Crippen LogP contribution >= 0.6 is 34.8 Å². The van der Waals surface area contributed by atoms with Crippen molar-refractivity contribution in [3.8, 4) is 5.75 Å². The van der Waals surface area contributed by atoms with E-state index in [1.54, 1.807) is 18.3 Å². The van der Waals surface area contributed by atoms with Crippen molar-refractivity contribution in [3.63, 3.8) is 0 Å². The zero-order chi connectivity index (χ0) is 16.7. The molecule has 1 aromatic heterocycles. The number of nitrogens with zero attached hydrogens (tertiary/aromatic N) is 2. The number of rotatable bonds is 3. The summed E-state index contributed by atoms with van der Waals surface area (Å²) in [7, 11) is 0. The molecule has 124 valence electrons. The minimum absolute atomic E-state index is 0.223. The average molecular weight is 378 g/mol. The lowest BCUT2D eigenvalue weighted by atomic mass is 10.0. The molecule has 8 heteroatoms. The molecule has 4 atom stereocenters. The molecule has 0 saturated heterocycles. The molecule has 3 heterocycles. The van der Waals surface area contributed by atoms with Crippen molar-refractivity contribution in [1.82, 2.24) is 10.0 Å². The summed E-state index contributed by atoms with van der Waals surface area (Å²) in [5, 5.41) is -0.155. The van der Waals surface area contributed by atoms with Gasteiger partial charge in [0, 0.05) is 6.20 Å². The molecule has 0 fully saturated rings. The van der Waals surface area contributed by atoms with Gasteiger partial charge in [-0.25, -0.2) is 4.79 Å². The fourth-order valence-electron chi connectivity index (χ4n) is 2.42. The molecule has 2 aliphatic rings. The zero-order valence-electron chi connectivity index (χ0n) is 12.5. The Morgan fingerprint density at radius 2 is 2.22 bits per heavy atom. The van der Waals surface area contributed by atoms with Gasteiger partial charge in [-0.2, -0.15) is 5.06 Å². The van der Waals surface area contributed by atoms with Gasteiger partial charge in [0.1, 0.15) is 11.4 Å². The number of carbonyl (C=O) groups excluding carboxylic acids is 1. The molecule has 3 rings (SSSR count).